The molecule has 0 radical (unpaired) electrons. The zero-order valence-electron chi connectivity index (χ0n) is 19.0. The maximum absolute atomic E-state index is 13.6. The number of aromatic nitrogens is 1. The summed E-state index contributed by atoms with van der Waals surface area (Å²) in [5.41, 5.74) is 3.91. The van der Waals surface area contributed by atoms with Crippen LogP contribution in [0.1, 0.15) is 64.7 Å². The van der Waals surface area contributed by atoms with Gasteiger partial charge >= 0.3 is 0 Å². The Bertz CT molecular complexity index is 1250. The highest BCUT2D eigenvalue weighted by molar-refractivity contribution is 6.07. The summed E-state index contributed by atoms with van der Waals surface area (Å²) in [4.78, 5) is 39.7. The molecule has 1 amide bonds. The molecule has 5 heteroatoms. The van der Waals surface area contributed by atoms with E-state index in [1.807, 2.05) is 69.3 Å². The largest absolute Gasteiger partial charge is 0.322 e. The Morgan fingerprint density at radius 1 is 1.00 bits per heavy atom. The van der Waals surface area contributed by atoms with Crippen LogP contribution < -0.4 is 10.9 Å². The molecular weight excluding hydrogens is 400 g/mol. The molecule has 32 heavy (non-hydrogen) atoms. The van der Waals surface area contributed by atoms with Crippen molar-refractivity contribution in [3.8, 4) is 5.69 Å². The van der Waals surface area contributed by atoms with Crippen molar-refractivity contribution in [2.24, 2.45) is 5.41 Å². The van der Waals surface area contributed by atoms with Crippen molar-refractivity contribution >= 4 is 17.4 Å². The monoisotopic (exact) mass is 428 g/mol. The van der Waals surface area contributed by atoms with Gasteiger partial charge in [0.2, 0.25) is 0 Å². The van der Waals surface area contributed by atoms with Gasteiger partial charge < -0.3 is 5.32 Å². The smallest absolute Gasteiger partial charge is 0.268 e. The van der Waals surface area contributed by atoms with Crippen molar-refractivity contribution in [2.45, 2.75) is 47.0 Å². The maximum atomic E-state index is 13.6. The van der Waals surface area contributed by atoms with Gasteiger partial charge in [0.15, 0.2) is 5.78 Å². The molecule has 0 saturated heterocycles. The quantitative estimate of drug-likeness (QED) is 0.627. The Balaban J connectivity index is 1.85. The fraction of sp³-hybridized carbons (Fsp3) is 0.296. The van der Waals surface area contributed by atoms with Crippen LogP contribution in [-0.2, 0) is 12.8 Å². The highest BCUT2D eigenvalue weighted by atomic mass is 16.2. The van der Waals surface area contributed by atoms with Crippen LogP contribution in [-0.4, -0.2) is 16.3 Å². The number of carbonyl (C=O) groups excluding carboxylic acids is 2. The first-order valence-corrected chi connectivity index (χ1v) is 11.0. The van der Waals surface area contributed by atoms with E-state index < -0.39 is 11.5 Å². The summed E-state index contributed by atoms with van der Waals surface area (Å²) in [7, 11) is 0. The molecule has 1 aliphatic carbocycles. The number of ketones is 1. The third kappa shape index (κ3) is 4.15. The molecule has 1 aliphatic rings. The van der Waals surface area contributed by atoms with Crippen LogP contribution >= 0.6 is 0 Å². The van der Waals surface area contributed by atoms with Crippen LogP contribution in [0.15, 0.2) is 59.4 Å². The standard InChI is InChI=1S/C27H28N2O3/c1-5-18-8-10-19(11-9-18)28-25(31)22-14-21-23(15-27(3,4)16-24(21)30)29(26(22)32)20-12-6-17(2)7-13-20/h6-14H,5,15-16H2,1-4H3,(H,28,31). The van der Waals surface area contributed by atoms with Crippen LogP contribution in [0.5, 0.6) is 0 Å². The van der Waals surface area contributed by atoms with Gasteiger partial charge in [-0.2, -0.15) is 0 Å². The van der Waals surface area contributed by atoms with Crippen molar-refractivity contribution in [3.63, 3.8) is 0 Å². The van der Waals surface area contributed by atoms with Gasteiger partial charge in [-0.3, -0.25) is 19.0 Å². The lowest BCUT2D eigenvalue weighted by Gasteiger charge is -2.32. The molecule has 0 atom stereocenters. The van der Waals surface area contributed by atoms with Crippen LogP contribution in [0.25, 0.3) is 5.69 Å². The number of fused-ring (bicyclic) bond motifs is 1. The Kier molecular flexibility index (Phi) is 5.59. The molecule has 0 unspecified atom stereocenters. The second kappa shape index (κ2) is 8.23. The molecule has 0 fully saturated rings. The Labute approximate surface area is 188 Å². The van der Waals surface area contributed by atoms with E-state index in [-0.39, 0.29) is 16.8 Å². The first-order valence-electron chi connectivity index (χ1n) is 11.0. The first kappa shape index (κ1) is 21.8. The molecular formula is C27H28N2O3. The van der Waals surface area contributed by atoms with Crippen LogP contribution in [0.2, 0.25) is 0 Å². The van der Waals surface area contributed by atoms with Gasteiger partial charge in [-0.25, -0.2) is 0 Å². The number of pyridine rings is 1. The number of hydrogen-bond donors (Lipinski definition) is 1. The van der Waals surface area contributed by atoms with E-state index in [9.17, 15) is 14.4 Å². The van der Waals surface area contributed by atoms with Gasteiger partial charge in [-0.1, -0.05) is 50.6 Å². The van der Waals surface area contributed by atoms with Gasteiger partial charge in [0, 0.05) is 29.1 Å². The number of nitrogens with zero attached hydrogens (tertiary/aromatic N) is 1. The second-order valence-electron chi connectivity index (χ2n) is 9.34. The summed E-state index contributed by atoms with van der Waals surface area (Å²) >= 11 is 0. The Morgan fingerprint density at radius 3 is 2.28 bits per heavy atom. The summed E-state index contributed by atoms with van der Waals surface area (Å²) in [6.45, 7) is 8.09. The van der Waals surface area contributed by atoms with Gasteiger partial charge in [0.05, 0.1) is 0 Å². The van der Waals surface area contributed by atoms with E-state index in [1.54, 1.807) is 4.57 Å². The average Bonchev–Trinajstić information content (AvgIpc) is 2.74. The number of nitrogens with one attached hydrogen (secondary N) is 1. The van der Waals surface area contributed by atoms with E-state index in [2.05, 4.69) is 12.2 Å². The zero-order chi connectivity index (χ0) is 23.0. The Morgan fingerprint density at radius 2 is 1.66 bits per heavy atom. The topological polar surface area (TPSA) is 68.2 Å². The molecule has 5 nitrogen and oxygen atoms in total. The van der Waals surface area contributed by atoms with E-state index in [0.29, 0.717) is 35.5 Å². The van der Waals surface area contributed by atoms with Crippen molar-refractivity contribution in [1.29, 1.82) is 0 Å². The normalized spacial score (nSPS) is 14.7. The third-order valence-corrected chi connectivity index (χ3v) is 6.05. The van der Waals surface area contributed by atoms with Crippen molar-refractivity contribution in [2.75, 3.05) is 5.32 Å². The first-order chi connectivity index (χ1) is 15.2. The number of hydrogen-bond acceptors (Lipinski definition) is 3. The summed E-state index contributed by atoms with van der Waals surface area (Å²) in [5.74, 6) is -0.556. The lowest BCUT2D eigenvalue weighted by Crippen LogP contribution is -2.37. The highest BCUT2D eigenvalue weighted by Crippen LogP contribution is 2.35. The summed E-state index contributed by atoms with van der Waals surface area (Å²) in [6, 6.07) is 16.6. The Hall–Kier alpha value is -3.47. The van der Waals surface area contributed by atoms with Crippen molar-refractivity contribution < 1.29 is 9.59 Å². The molecule has 0 spiro atoms. The number of carbonyl (C=O) groups is 2. The SMILES string of the molecule is CCc1ccc(NC(=O)c2cc3c(n(-c4ccc(C)cc4)c2=O)CC(C)(C)CC3=O)cc1. The number of Topliss-reactive ketones (excluding diaryl/α,β-unsaturated/α-hetero) is 1. The number of aryl methyl sites for hydroxylation is 2. The second-order valence-corrected chi connectivity index (χ2v) is 9.34. The molecule has 164 valence electrons. The molecule has 2 aromatic carbocycles. The van der Waals surface area contributed by atoms with Crippen LogP contribution in [0.4, 0.5) is 5.69 Å². The molecule has 0 bridgehead atoms. The molecule has 1 aromatic heterocycles. The van der Waals surface area contributed by atoms with E-state index in [0.717, 1.165) is 17.5 Å². The van der Waals surface area contributed by atoms with E-state index in [4.69, 9.17) is 0 Å². The van der Waals surface area contributed by atoms with Crippen LogP contribution in [0.3, 0.4) is 0 Å². The molecule has 1 heterocycles. The summed E-state index contributed by atoms with van der Waals surface area (Å²) in [6.07, 6.45) is 1.86. The van der Waals surface area contributed by atoms with Gasteiger partial charge in [-0.15, -0.1) is 0 Å². The fourth-order valence-electron chi connectivity index (χ4n) is 4.27. The highest BCUT2D eigenvalue weighted by Gasteiger charge is 2.35. The minimum Gasteiger partial charge on any atom is -0.322 e. The fourth-order valence-corrected chi connectivity index (χ4v) is 4.27. The minimum absolute atomic E-state index is 0.0306. The number of amides is 1. The lowest BCUT2D eigenvalue weighted by atomic mass is 9.75. The van der Waals surface area contributed by atoms with Gasteiger partial charge in [-0.05, 0) is 61.1 Å². The zero-order valence-corrected chi connectivity index (χ0v) is 19.0. The van der Waals surface area contributed by atoms with Crippen molar-refractivity contribution in [3.05, 3.63) is 92.9 Å². The number of anilines is 1. The van der Waals surface area contributed by atoms with Crippen molar-refractivity contribution in [1.82, 2.24) is 4.57 Å². The lowest BCUT2D eigenvalue weighted by molar-refractivity contribution is 0.0909. The summed E-state index contributed by atoms with van der Waals surface area (Å²) in [5, 5.41) is 2.81. The van der Waals surface area contributed by atoms with E-state index >= 15 is 0 Å². The van der Waals surface area contributed by atoms with Crippen LogP contribution in [0, 0.1) is 12.3 Å². The number of rotatable bonds is 4. The summed E-state index contributed by atoms with van der Waals surface area (Å²) < 4.78 is 1.54. The third-order valence-electron chi connectivity index (χ3n) is 6.05. The minimum atomic E-state index is -0.513. The molecule has 1 N–H and O–H groups in total. The molecule has 3 aromatic rings. The molecule has 4 rings (SSSR count). The predicted molar refractivity (Wildman–Crippen MR) is 127 cm³/mol. The number of benzene rings is 2. The predicted octanol–water partition coefficient (Wildman–Crippen LogP) is 5.12. The average molecular weight is 429 g/mol. The van der Waals surface area contributed by atoms with E-state index in [1.165, 1.54) is 6.07 Å². The van der Waals surface area contributed by atoms with Gasteiger partial charge in [0.25, 0.3) is 11.5 Å². The van der Waals surface area contributed by atoms with Gasteiger partial charge in [0.1, 0.15) is 5.56 Å². The molecule has 0 aliphatic heterocycles. The maximum Gasteiger partial charge on any atom is 0.268 e. The molecule has 0 saturated carbocycles.